The van der Waals surface area contributed by atoms with E-state index in [2.05, 4.69) is 33.8 Å². The molecule has 1 aliphatic carbocycles. The van der Waals surface area contributed by atoms with Gasteiger partial charge in [0, 0.05) is 5.88 Å². The van der Waals surface area contributed by atoms with Crippen LogP contribution in [-0.4, -0.2) is 5.88 Å². The Bertz CT molecular complexity index is 175. The molecule has 0 spiro atoms. The molecule has 1 rings (SSSR count). The molecule has 0 radical (unpaired) electrons. The highest BCUT2D eigenvalue weighted by atomic mass is 35.5. The standard InChI is InChI=1S/C10H17Cl/c1-7(2)5-8-9(6-11)10(8,3)4/h5,8-9H,6H2,1-4H3. The molecule has 0 aromatic carbocycles. The Morgan fingerprint density at radius 3 is 2.27 bits per heavy atom. The Kier molecular flexibility index (Phi) is 2.34. The number of alkyl halides is 1. The molecular weight excluding hydrogens is 156 g/mol. The highest BCUT2D eigenvalue weighted by Gasteiger charge is 2.55. The van der Waals surface area contributed by atoms with Gasteiger partial charge in [-0.05, 0) is 31.1 Å². The summed E-state index contributed by atoms with van der Waals surface area (Å²) in [5, 5.41) is 0. The molecule has 0 aliphatic heterocycles. The smallest absolute Gasteiger partial charge is 0.0262 e. The number of rotatable bonds is 2. The van der Waals surface area contributed by atoms with E-state index in [1.807, 2.05) is 0 Å². The highest BCUT2D eigenvalue weighted by Crippen LogP contribution is 2.59. The van der Waals surface area contributed by atoms with Crippen LogP contribution >= 0.6 is 11.6 Å². The number of hydrogen-bond acceptors (Lipinski definition) is 0. The van der Waals surface area contributed by atoms with Gasteiger partial charge in [-0.25, -0.2) is 0 Å². The molecule has 11 heavy (non-hydrogen) atoms. The lowest BCUT2D eigenvalue weighted by molar-refractivity contribution is 0.571. The summed E-state index contributed by atoms with van der Waals surface area (Å²) in [6, 6.07) is 0. The third kappa shape index (κ3) is 1.61. The Hall–Kier alpha value is 0.0300. The summed E-state index contributed by atoms with van der Waals surface area (Å²) >= 11 is 5.83. The van der Waals surface area contributed by atoms with Gasteiger partial charge in [0.25, 0.3) is 0 Å². The largest absolute Gasteiger partial charge is 0.126 e. The van der Waals surface area contributed by atoms with Crippen molar-refractivity contribution in [3.8, 4) is 0 Å². The fraction of sp³-hybridized carbons (Fsp3) is 0.800. The summed E-state index contributed by atoms with van der Waals surface area (Å²) in [4.78, 5) is 0. The van der Waals surface area contributed by atoms with Gasteiger partial charge in [-0.2, -0.15) is 0 Å². The molecule has 0 aromatic heterocycles. The fourth-order valence-corrected chi connectivity index (χ4v) is 2.36. The average Bonchev–Trinajstić information content (AvgIpc) is 2.33. The van der Waals surface area contributed by atoms with Crippen LogP contribution in [0.4, 0.5) is 0 Å². The molecule has 0 bridgehead atoms. The Balaban J connectivity index is 2.59. The lowest BCUT2D eigenvalue weighted by atomic mass is 10.1. The molecule has 0 N–H and O–H groups in total. The van der Waals surface area contributed by atoms with E-state index in [0.717, 1.165) is 11.8 Å². The zero-order valence-electron chi connectivity index (χ0n) is 7.82. The van der Waals surface area contributed by atoms with Crippen molar-refractivity contribution < 1.29 is 0 Å². The minimum atomic E-state index is 0.457. The van der Waals surface area contributed by atoms with E-state index in [9.17, 15) is 0 Å². The Labute approximate surface area is 74.6 Å². The van der Waals surface area contributed by atoms with E-state index in [1.165, 1.54) is 5.57 Å². The molecule has 0 nitrogen and oxygen atoms in total. The van der Waals surface area contributed by atoms with E-state index in [0.29, 0.717) is 11.3 Å². The summed E-state index contributed by atoms with van der Waals surface area (Å²) in [7, 11) is 0. The van der Waals surface area contributed by atoms with Gasteiger partial charge in [-0.15, -0.1) is 11.6 Å². The third-order valence-electron chi connectivity index (χ3n) is 2.82. The van der Waals surface area contributed by atoms with Crippen LogP contribution < -0.4 is 0 Å². The Morgan fingerprint density at radius 1 is 1.45 bits per heavy atom. The zero-order chi connectivity index (χ0) is 8.65. The summed E-state index contributed by atoms with van der Waals surface area (Å²) in [6.45, 7) is 8.90. The molecule has 2 atom stereocenters. The monoisotopic (exact) mass is 172 g/mol. The van der Waals surface area contributed by atoms with Crippen molar-refractivity contribution in [3.05, 3.63) is 11.6 Å². The predicted octanol–water partition coefficient (Wildman–Crippen LogP) is 3.46. The molecule has 1 aliphatic rings. The van der Waals surface area contributed by atoms with Crippen LogP contribution in [-0.2, 0) is 0 Å². The number of hydrogen-bond donors (Lipinski definition) is 0. The van der Waals surface area contributed by atoms with Gasteiger partial charge in [0.2, 0.25) is 0 Å². The maximum Gasteiger partial charge on any atom is 0.0262 e. The van der Waals surface area contributed by atoms with E-state index in [1.54, 1.807) is 0 Å². The molecule has 64 valence electrons. The van der Waals surface area contributed by atoms with Crippen molar-refractivity contribution >= 4 is 11.6 Å². The lowest BCUT2D eigenvalue weighted by Crippen LogP contribution is -1.90. The maximum atomic E-state index is 5.83. The van der Waals surface area contributed by atoms with Crippen molar-refractivity contribution in [1.29, 1.82) is 0 Å². The SMILES string of the molecule is CC(C)=CC1C(CCl)C1(C)C. The van der Waals surface area contributed by atoms with Crippen molar-refractivity contribution in [2.75, 3.05) is 5.88 Å². The predicted molar refractivity (Wildman–Crippen MR) is 50.9 cm³/mol. The highest BCUT2D eigenvalue weighted by molar-refractivity contribution is 6.18. The molecule has 1 heteroatoms. The molecule has 2 unspecified atom stereocenters. The number of halogens is 1. The van der Waals surface area contributed by atoms with Gasteiger partial charge in [-0.1, -0.05) is 25.5 Å². The first-order valence-electron chi connectivity index (χ1n) is 4.21. The average molecular weight is 173 g/mol. The first-order valence-corrected chi connectivity index (χ1v) is 4.74. The van der Waals surface area contributed by atoms with Gasteiger partial charge < -0.3 is 0 Å². The molecule has 1 saturated carbocycles. The van der Waals surface area contributed by atoms with Gasteiger partial charge >= 0.3 is 0 Å². The van der Waals surface area contributed by atoms with Gasteiger partial charge in [0.1, 0.15) is 0 Å². The van der Waals surface area contributed by atoms with Crippen molar-refractivity contribution in [3.63, 3.8) is 0 Å². The van der Waals surface area contributed by atoms with Crippen LogP contribution in [0.15, 0.2) is 11.6 Å². The fourth-order valence-electron chi connectivity index (χ4n) is 1.77. The van der Waals surface area contributed by atoms with Crippen LogP contribution in [0, 0.1) is 17.3 Å². The molecule has 1 fully saturated rings. The first-order chi connectivity index (χ1) is 5.00. The summed E-state index contributed by atoms with van der Waals surface area (Å²) < 4.78 is 0. The van der Waals surface area contributed by atoms with Crippen molar-refractivity contribution in [2.24, 2.45) is 17.3 Å². The summed E-state index contributed by atoms with van der Waals surface area (Å²) in [6.07, 6.45) is 2.35. The second-order valence-corrected chi connectivity index (χ2v) is 4.66. The van der Waals surface area contributed by atoms with Gasteiger partial charge in [0.15, 0.2) is 0 Å². The minimum absolute atomic E-state index is 0.457. The zero-order valence-corrected chi connectivity index (χ0v) is 8.57. The quantitative estimate of drug-likeness (QED) is 0.442. The Morgan fingerprint density at radius 2 is 2.00 bits per heavy atom. The van der Waals surface area contributed by atoms with Crippen LogP contribution in [0.3, 0.4) is 0 Å². The van der Waals surface area contributed by atoms with E-state index < -0.39 is 0 Å². The minimum Gasteiger partial charge on any atom is -0.126 e. The van der Waals surface area contributed by atoms with Crippen molar-refractivity contribution in [1.82, 2.24) is 0 Å². The molecular formula is C10H17Cl. The molecule has 0 heterocycles. The first kappa shape index (κ1) is 9.12. The maximum absolute atomic E-state index is 5.83. The molecule has 0 aromatic rings. The second kappa shape index (κ2) is 2.82. The van der Waals surface area contributed by atoms with Crippen LogP contribution in [0.25, 0.3) is 0 Å². The number of allylic oxidation sites excluding steroid dienone is 2. The van der Waals surface area contributed by atoms with E-state index in [-0.39, 0.29) is 0 Å². The third-order valence-corrected chi connectivity index (χ3v) is 3.15. The van der Waals surface area contributed by atoms with Crippen molar-refractivity contribution in [2.45, 2.75) is 27.7 Å². The lowest BCUT2D eigenvalue weighted by Gasteiger charge is -1.97. The normalized spacial score (nSPS) is 33.2. The molecule has 0 saturated heterocycles. The summed E-state index contributed by atoms with van der Waals surface area (Å²) in [5.74, 6) is 2.24. The molecule has 0 amide bonds. The van der Waals surface area contributed by atoms with Crippen LogP contribution in [0.5, 0.6) is 0 Å². The van der Waals surface area contributed by atoms with Gasteiger partial charge in [0.05, 0.1) is 0 Å². The van der Waals surface area contributed by atoms with Crippen LogP contribution in [0.2, 0.25) is 0 Å². The second-order valence-electron chi connectivity index (χ2n) is 4.35. The van der Waals surface area contributed by atoms with Gasteiger partial charge in [-0.3, -0.25) is 0 Å². The topological polar surface area (TPSA) is 0 Å². The van der Waals surface area contributed by atoms with Crippen LogP contribution in [0.1, 0.15) is 27.7 Å². The summed E-state index contributed by atoms with van der Waals surface area (Å²) in [5.41, 5.74) is 1.87. The van der Waals surface area contributed by atoms with E-state index in [4.69, 9.17) is 11.6 Å². The van der Waals surface area contributed by atoms with E-state index >= 15 is 0 Å².